The van der Waals surface area contributed by atoms with E-state index in [1.54, 1.807) is 18.2 Å². The normalized spacial score (nSPS) is 10.8. The van der Waals surface area contributed by atoms with Gasteiger partial charge in [-0.25, -0.2) is 0 Å². The first-order chi connectivity index (χ1) is 15.0. The summed E-state index contributed by atoms with van der Waals surface area (Å²) in [4.78, 5) is 12.5. The number of carbonyl (C=O) groups excluding carboxylic acids is 1. The molecule has 5 nitrogen and oxygen atoms in total. The third-order valence-electron chi connectivity index (χ3n) is 4.49. The predicted molar refractivity (Wildman–Crippen MR) is 127 cm³/mol. The maximum absolute atomic E-state index is 12.5. The molecule has 3 aromatic carbocycles. The lowest BCUT2D eigenvalue weighted by Crippen LogP contribution is -2.15. The van der Waals surface area contributed by atoms with Crippen LogP contribution < -0.4 is 5.32 Å². The molecule has 0 saturated carbocycles. The molecule has 1 heterocycles. The maximum atomic E-state index is 12.5. The number of benzene rings is 3. The minimum atomic E-state index is -0.214. The van der Waals surface area contributed by atoms with Crippen LogP contribution in [0.5, 0.6) is 0 Å². The number of amides is 1. The van der Waals surface area contributed by atoms with E-state index >= 15 is 0 Å². The van der Waals surface area contributed by atoms with E-state index in [9.17, 15) is 4.79 Å². The molecule has 0 aliphatic rings. The number of hydrogen-bond acceptors (Lipinski definition) is 4. The minimum Gasteiger partial charge on any atom is -0.324 e. The van der Waals surface area contributed by atoms with Gasteiger partial charge in [0.05, 0.1) is 16.5 Å². The molecule has 0 bridgehead atoms. The number of thioether (sulfide) groups is 1. The summed E-state index contributed by atoms with van der Waals surface area (Å²) in [6, 6.07) is 22.9. The zero-order chi connectivity index (χ0) is 21.8. The highest BCUT2D eigenvalue weighted by Gasteiger charge is 2.17. The molecule has 0 radical (unpaired) electrons. The lowest BCUT2D eigenvalue weighted by Gasteiger charge is -2.11. The Balaban J connectivity index is 1.59. The zero-order valence-corrected chi connectivity index (χ0v) is 18.9. The van der Waals surface area contributed by atoms with Crippen molar-refractivity contribution < 1.29 is 4.79 Å². The van der Waals surface area contributed by atoms with Gasteiger partial charge in [0.1, 0.15) is 0 Å². The van der Waals surface area contributed by atoms with Gasteiger partial charge in [-0.3, -0.25) is 9.36 Å². The standard InChI is InChI=1S/C23H18Cl2N4OS/c1-15-7-9-16(10-8-15)22-27-28-23(29(22)18-5-3-2-4-6-18)31-14-21(30)26-20-13-17(24)11-12-19(20)25/h2-13H,14H2,1H3,(H,26,30). The monoisotopic (exact) mass is 468 g/mol. The van der Waals surface area contributed by atoms with E-state index < -0.39 is 0 Å². The summed E-state index contributed by atoms with van der Waals surface area (Å²) in [5.74, 6) is 0.641. The molecular weight excluding hydrogens is 451 g/mol. The van der Waals surface area contributed by atoms with Gasteiger partial charge in [-0.1, -0.05) is 83.0 Å². The van der Waals surface area contributed by atoms with E-state index in [0.717, 1.165) is 11.3 Å². The van der Waals surface area contributed by atoms with Gasteiger partial charge in [-0.15, -0.1) is 10.2 Å². The van der Waals surface area contributed by atoms with Crippen molar-refractivity contribution in [2.75, 3.05) is 11.1 Å². The molecule has 1 N–H and O–H groups in total. The van der Waals surface area contributed by atoms with Crippen molar-refractivity contribution in [2.24, 2.45) is 0 Å². The summed E-state index contributed by atoms with van der Waals surface area (Å²) >= 11 is 13.4. The van der Waals surface area contributed by atoms with E-state index in [0.29, 0.717) is 26.7 Å². The first-order valence-corrected chi connectivity index (χ1v) is 11.2. The Labute approximate surface area is 194 Å². The summed E-state index contributed by atoms with van der Waals surface area (Å²) in [5, 5.41) is 13.1. The van der Waals surface area contributed by atoms with Gasteiger partial charge < -0.3 is 5.32 Å². The fourth-order valence-electron chi connectivity index (χ4n) is 2.97. The average Bonchev–Trinajstić information content (AvgIpc) is 3.20. The van der Waals surface area contributed by atoms with Crippen molar-refractivity contribution in [1.29, 1.82) is 0 Å². The summed E-state index contributed by atoms with van der Waals surface area (Å²) < 4.78 is 1.95. The largest absolute Gasteiger partial charge is 0.324 e. The molecule has 31 heavy (non-hydrogen) atoms. The molecule has 8 heteroatoms. The second kappa shape index (κ2) is 9.56. The smallest absolute Gasteiger partial charge is 0.234 e. The van der Waals surface area contributed by atoms with Gasteiger partial charge in [0.25, 0.3) is 0 Å². The molecule has 1 aromatic heterocycles. The fourth-order valence-corrected chi connectivity index (χ4v) is 4.06. The van der Waals surface area contributed by atoms with E-state index in [1.165, 1.54) is 17.3 Å². The molecule has 4 rings (SSSR count). The Morgan fingerprint density at radius 1 is 1.00 bits per heavy atom. The lowest BCUT2D eigenvalue weighted by atomic mass is 10.1. The molecule has 156 valence electrons. The van der Waals surface area contributed by atoms with Gasteiger partial charge in [-0.05, 0) is 37.3 Å². The van der Waals surface area contributed by atoms with Crippen molar-refractivity contribution in [3.63, 3.8) is 0 Å². The van der Waals surface area contributed by atoms with E-state index in [1.807, 2.05) is 66.1 Å². The highest BCUT2D eigenvalue weighted by molar-refractivity contribution is 7.99. The first kappa shape index (κ1) is 21.4. The van der Waals surface area contributed by atoms with E-state index in [-0.39, 0.29) is 11.7 Å². The third-order valence-corrected chi connectivity index (χ3v) is 5.99. The number of rotatable bonds is 6. The second-order valence-electron chi connectivity index (χ2n) is 6.80. The second-order valence-corrected chi connectivity index (χ2v) is 8.59. The highest BCUT2D eigenvalue weighted by atomic mass is 35.5. The molecular formula is C23H18Cl2N4OS. The van der Waals surface area contributed by atoms with Crippen LogP contribution in [0.15, 0.2) is 78.0 Å². The van der Waals surface area contributed by atoms with Crippen molar-refractivity contribution in [2.45, 2.75) is 12.1 Å². The summed E-state index contributed by atoms with van der Waals surface area (Å²) in [6.45, 7) is 2.04. The summed E-state index contributed by atoms with van der Waals surface area (Å²) in [5.41, 5.74) is 3.51. The van der Waals surface area contributed by atoms with Gasteiger partial charge in [-0.2, -0.15) is 0 Å². The van der Waals surface area contributed by atoms with Crippen LogP contribution in [0.25, 0.3) is 17.1 Å². The zero-order valence-electron chi connectivity index (χ0n) is 16.5. The van der Waals surface area contributed by atoms with Crippen molar-refractivity contribution in [3.05, 3.63) is 88.4 Å². The molecule has 0 aliphatic carbocycles. The van der Waals surface area contributed by atoms with Crippen LogP contribution in [0.4, 0.5) is 5.69 Å². The number of aromatic nitrogens is 3. The van der Waals surface area contributed by atoms with E-state index in [4.69, 9.17) is 23.2 Å². The Morgan fingerprint density at radius 2 is 1.74 bits per heavy atom. The van der Waals surface area contributed by atoms with Crippen LogP contribution in [0.2, 0.25) is 10.0 Å². The fraction of sp³-hybridized carbons (Fsp3) is 0.0870. The number of carbonyl (C=O) groups is 1. The number of anilines is 1. The van der Waals surface area contributed by atoms with Crippen LogP contribution in [-0.2, 0) is 4.79 Å². The van der Waals surface area contributed by atoms with E-state index in [2.05, 4.69) is 15.5 Å². The molecule has 4 aromatic rings. The van der Waals surface area contributed by atoms with Gasteiger partial charge in [0.15, 0.2) is 11.0 Å². The molecule has 0 aliphatic heterocycles. The first-order valence-electron chi connectivity index (χ1n) is 9.47. The lowest BCUT2D eigenvalue weighted by molar-refractivity contribution is -0.113. The number of nitrogens with one attached hydrogen (secondary N) is 1. The van der Waals surface area contributed by atoms with Crippen LogP contribution in [0.1, 0.15) is 5.56 Å². The van der Waals surface area contributed by atoms with Crippen molar-refractivity contribution >= 4 is 46.6 Å². The number of nitrogens with zero attached hydrogens (tertiary/aromatic N) is 3. The molecule has 0 spiro atoms. The molecule has 0 fully saturated rings. The molecule has 0 atom stereocenters. The maximum Gasteiger partial charge on any atom is 0.234 e. The molecule has 0 saturated heterocycles. The molecule has 0 unspecified atom stereocenters. The van der Waals surface area contributed by atoms with Crippen LogP contribution in [-0.4, -0.2) is 26.4 Å². The van der Waals surface area contributed by atoms with Crippen LogP contribution in [0.3, 0.4) is 0 Å². The van der Waals surface area contributed by atoms with Gasteiger partial charge in [0.2, 0.25) is 5.91 Å². The number of para-hydroxylation sites is 1. The van der Waals surface area contributed by atoms with Crippen molar-refractivity contribution in [1.82, 2.24) is 14.8 Å². The number of aryl methyl sites for hydroxylation is 1. The highest BCUT2D eigenvalue weighted by Crippen LogP contribution is 2.29. The minimum absolute atomic E-state index is 0.141. The van der Waals surface area contributed by atoms with Crippen molar-refractivity contribution in [3.8, 4) is 17.1 Å². The number of halogens is 2. The predicted octanol–water partition coefficient (Wildman–Crippen LogP) is 6.28. The van der Waals surface area contributed by atoms with Gasteiger partial charge in [0, 0.05) is 16.3 Å². The Hall–Kier alpha value is -2.80. The third kappa shape index (κ3) is 5.10. The topological polar surface area (TPSA) is 59.8 Å². The van der Waals surface area contributed by atoms with Crippen LogP contribution in [0, 0.1) is 6.92 Å². The summed E-state index contributed by atoms with van der Waals surface area (Å²) in [7, 11) is 0. The Bertz CT molecular complexity index is 1210. The Morgan fingerprint density at radius 3 is 2.48 bits per heavy atom. The Kier molecular flexibility index (Phi) is 6.61. The summed E-state index contributed by atoms with van der Waals surface area (Å²) in [6.07, 6.45) is 0. The SMILES string of the molecule is Cc1ccc(-c2nnc(SCC(=O)Nc3cc(Cl)ccc3Cl)n2-c2ccccc2)cc1. The van der Waals surface area contributed by atoms with Gasteiger partial charge >= 0.3 is 0 Å². The quantitative estimate of drug-likeness (QED) is 0.338. The van der Waals surface area contributed by atoms with Crippen LogP contribution >= 0.6 is 35.0 Å². The number of hydrogen-bond donors (Lipinski definition) is 1. The average molecular weight is 469 g/mol. The molecule has 1 amide bonds.